The highest BCUT2D eigenvalue weighted by molar-refractivity contribution is 7.54. The molecule has 0 aliphatic heterocycles. The molecule has 0 aromatic heterocycles. The summed E-state index contributed by atoms with van der Waals surface area (Å²) in [5, 5.41) is 13.9. The molecule has 2 aromatic carbocycles. The van der Waals surface area contributed by atoms with Gasteiger partial charge in [-0.2, -0.15) is 13.2 Å². The third-order valence-electron chi connectivity index (χ3n) is 3.82. The van der Waals surface area contributed by atoms with Crippen LogP contribution < -0.4 is 5.32 Å². The van der Waals surface area contributed by atoms with Crippen molar-refractivity contribution in [1.29, 1.82) is 0 Å². The molecule has 7 nitrogen and oxygen atoms in total. The molecule has 0 saturated carbocycles. The number of nitro groups is 1. The van der Waals surface area contributed by atoms with E-state index in [1.165, 1.54) is 36.4 Å². The monoisotopic (exact) mass is 432 g/mol. The quantitative estimate of drug-likeness (QED) is 0.297. The van der Waals surface area contributed by atoms with Gasteiger partial charge < -0.3 is 14.4 Å². The average Bonchev–Trinajstić information content (AvgIpc) is 2.66. The molecule has 1 atom stereocenters. The number of benzene rings is 2. The van der Waals surface area contributed by atoms with Gasteiger partial charge in [0, 0.05) is 17.8 Å². The minimum absolute atomic E-state index is 0.00692. The van der Waals surface area contributed by atoms with E-state index in [4.69, 9.17) is 9.05 Å². The summed E-state index contributed by atoms with van der Waals surface area (Å²) in [7, 11) is -3.94. The summed E-state index contributed by atoms with van der Waals surface area (Å²) in [6, 6.07) is 9.58. The molecule has 0 radical (unpaired) electrons. The summed E-state index contributed by atoms with van der Waals surface area (Å²) in [6.45, 7) is 3.18. The first kappa shape index (κ1) is 22.9. The van der Waals surface area contributed by atoms with Crippen molar-refractivity contribution >= 4 is 19.0 Å². The molecule has 29 heavy (non-hydrogen) atoms. The van der Waals surface area contributed by atoms with Crippen molar-refractivity contribution < 1.29 is 31.7 Å². The Balaban J connectivity index is 2.54. The summed E-state index contributed by atoms with van der Waals surface area (Å²) in [6.07, 6.45) is -4.57. The number of hydrogen-bond acceptors (Lipinski definition) is 6. The van der Waals surface area contributed by atoms with Gasteiger partial charge in [0.15, 0.2) is 5.78 Å². The Hall–Kier alpha value is -2.42. The normalized spacial score (nSPS) is 13.1. The SMILES string of the molecule is CCOP(=O)(OCC)[C@H](Nc1cccc(C(F)(F)F)c1)c1cccc([N+](=O)[O-])c1. The first-order chi connectivity index (χ1) is 13.6. The zero-order valence-corrected chi connectivity index (χ0v) is 16.6. The number of halogens is 3. The van der Waals surface area contributed by atoms with E-state index in [2.05, 4.69) is 5.32 Å². The van der Waals surface area contributed by atoms with Crippen molar-refractivity contribution in [2.24, 2.45) is 0 Å². The Bertz CT molecular complexity index is 897. The summed E-state index contributed by atoms with van der Waals surface area (Å²) in [4.78, 5) is 10.5. The number of anilines is 1. The highest BCUT2D eigenvalue weighted by atomic mass is 31.2. The first-order valence-electron chi connectivity index (χ1n) is 8.67. The minimum atomic E-state index is -4.57. The molecule has 158 valence electrons. The molecule has 2 rings (SSSR count). The van der Waals surface area contributed by atoms with Gasteiger partial charge in [0.05, 0.1) is 23.7 Å². The van der Waals surface area contributed by atoms with E-state index in [1.54, 1.807) is 13.8 Å². The van der Waals surface area contributed by atoms with Crippen LogP contribution in [0.1, 0.15) is 30.8 Å². The lowest BCUT2D eigenvalue weighted by Crippen LogP contribution is -2.16. The lowest BCUT2D eigenvalue weighted by molar-refractivity contribution is -0.384. The van der Waals surface area contributed by atoms with Crippen LogP contribution in [0.25, 0.3) is 0 Å². The lowest BCUT2D eigenvalue weighted by atomic mass is 10.1. The third kappa shape index (κ3) is 5.79. The van der Waals surface area contributed by atoms with E-state index in [0.717, 1.165) is 12.1 Å². The van der Waals surface area contributed by atoms with E-state index < -0.39 is 30.0 Å². The molecule has 0 unspecified atom stereocenters. The van der Waals surface area contributed by atoms with Crippen LogP contribution in [0.2, 0.25) is 0 Å². The lowest BCUT2D eigenvalue weighted by Gasteiger charge is -2.28. The molecule has 11 heteroatoms. The van der Waals surface area contributed by atoms with Crippen molar-refractivity contribution in [2.45, 2.75) is 25.8 Å². The van der Waals surface area contributed by atoms with Gasteiger partial charge in [-0.25, -0.2) is 0 Å². The van der Waals surface area contributed by atoms with Crippen molar-refractivity contribution in [2.75, 3.05) is 18.5 Å². The Morgan fingerprint density at radius 1 is 1.10 bits per heavy atom. The molecule has 0 aliphatic carbocycles. The van der Waals surface area contributed by atoms with Gasteiger partial charge in [-0.15, -0.1) is 0 Å². The van der Waals surface area contributed by atoms with Gasteiger partial charge in [0.1, 0.15) is 0 Å². The van der Waals surface area contributed by atoms with Gasteiger partial charge in [0.25, 0.3) is 5.69 Å². The van der Waals surface area contributed by atoms with Crippen LogP contribution in [0.5, 0.6) is 0 Å². The summed E-state index contributed by atoms with van der Waals surface area (Å²) < 4.78 is 63.2. The standard InChI is InChI=1S/C18H20F3N2O5P/c1-3-27-29(26,28-4-2)17(13-7-5-10-16(11-13)23(24)25)22-15-9-6-8-14(12-15)18(19,20)21/h5-12,17,22H,3-4H2,1-2H3/t17-/m0/s1. The number of alkyl halides is 3. The molecular weight excluding hydrogens is 412 g/mol. The highest BCUT2D eigenvalue weighted by Crippen LogP contribution is 2.61. The highest BCUT2D eigenvalue weighted by Gasteiger charge is 2.38. The largest absolute Gasteiger partial charge is 0.416 e. The fraction of sp³-hybridized carbons (Fsp3) is 0.333. The van der Waals surface area contributed by atoms with Gasteiger partial charge in [-0.1, -0.05) is 18.2 Å². The van der Waals surface area contributed by atoms with E-state index in [0.29, 0.717) is 0 Å². The van der Waals surface area contributed by atoms with Crippen LogP contribution in [0.4, 0.5) is 24.5 Å². The van der Waals surface area contributed by atoms with Crippen molar-refractivity contribution in [3.63, 3.8) is 0 Å². The molecule has 0 spiro atoms. The maximum absolute atomic E-state index is 13.4. The molecule has 0 fully saturated rings. The van der Waals surface area contributed by atoms with Crippen LogP contribution in [0, 0.1) is 10.1 Å². The Morgan fingerprint density at radius 2 is 1.72 bits per heavy atom. The third-order valence-corrected chi connectivity index (χ3v) is 6.12. The average molecular weight is 432 g/mol. The molecule has 0 saturated heterocycles. The number of nitro benzene ring substituents is 1. The van der Waals surface area contributed by atoms with E-state index in [9.17, 15) is 27.9 Å². The number of hydrogen-bond donors (Lipinski definition) is 1. The Kier molecular flexibility index (Phi) is 7.40. The molecule has 0 aliphatic rings. The fourth-order valence-corrected chi connectivity index (χ4v) is 4.57. The Labute approximate surface area is 165 Å². The maximum atomic E-state index is 13.4. The van der Waals surface area contributed by atoms with Crippen LogP contribution in [0.15, 0.2) is 48.5 Å². The zero-order valence-electron chi connectivity index (χ0n) is 15.7. The van der Waals surface area contributed by atoms with Crippen LogP contribution in [0.3, 0.4) is 0 Å². The van der Waals surface area contributed by atoms with Gasteiger partial charge in [-0.3, -0.25) is 14.7 Å². The number of rotatable bonds is 9. The predicted octanol–water partition coefficient (Wildman–Crippen LogP) is 5.99. The van der Waals surface area contributed by atoms with Crippen LogP contribution in [-0.4, -0.2) is 18.1 Å². The topological polar surface area (TPSA) is 90.7 Å². The molecule has 1 N–H and O–H groups in total. The summed E-state index contributed by atoms with van der Waals surface area (Å²) >= 11 is 0. The van der Waals surface area contributed by atoms with E-state index >= 15 is 0 Å². The Morgan fingerprint density at radius 3 is 2.28 bits per heavy atom. The summed E-state index contributed by atoms with van der Waals surface area (Å²) in [5.74, 6) is -1.26. The maximum Gasteiger partial charge on any atom is 0.416 e. The molecule has 2 aromatic rings. The number of nitrogens with zero attached hydrogens (tertiary/aromatic N) is 1. The van der Waals surface area contributed by atoms with E-state index in [-0.39, 0.29) is 30.2 Å². The molecular formula is C18H20F3N2O5P. The van der Waals surface area contributed by atoms with Crippen LogP contribution in [-0.2, 0) is 19.8 Å². The van der Waals surface area contributed by atoms with Crippen molar-refractivity contribution in [3.8, 4) is 0 Å². The van der Waals surface area contributed by atoms with Gasteiger partial charge in [-0.05, 0) is 37.6 Å². The molecule has 0 amide bonds. The second-order valence-electron chi connectivity index (χ2n) is 5.85. The zero-order chi connectivity index (χ0) is 21.7. The van der Waals surface area contributed by atoms with Gasteiger partial charge in [0.2, 0.25) is 0 Å². The fourth-order valence-electron chi connectivity index (χ4n) is 2.64. The first-order valence-corrected chi connectivity index (χ1v) is 10.3. The van der Waals surface area contributed by atoms with E-state index in [1.807, 2.05) is 0 Å². The predicted molar refractivity (Wildman–Crippen MR) is 102 cm³/mol. The number of nitrogens with one attached hydrogen (secondary N) is 1. The molecule has 0 bridgehead atoms. The second kappa shape index (κ2) is 9.39. The van der Waals surface area contributed by atoms with Crippen LogP contribution >= 0.6 is 7.60 Å². The minimum Gasteiger partial charge on any atom is -0.368 e. The number of non-ortho nitro benzene ring substituents is 1. The molecule has 0 heterocycles. The van der Waals surface area contributed by atoms with Crippen molar-refractivity contribution in [3.05, 3.63) is 69.8 Å². The summed E-state index contributed by atoms with van der Waals surface area (Å²) in [5.41, 5.74) is -0.973. The van der Waals surface area contributed by atoms with Crippen molar-refractivity contribution in [1.82, 2.24) is 0 Å². The second-order valence-corrected chi connectivity index (χ2v) is 7.97. The smallest absolute Gasteiger partial charge is 0.368 e. The van der Waals surface area contributed by atoms with Gasteiger partial charge >= 0.3 is 13.8 Å².